The first kappa shape index (κ1) is 12.8. The average molecular weight is 246 g/mol. The van der Waals surface area contributed by atoms with E-state index in [1.807, 2.05) is 6.92 Å². The van der Waals surface area contributed by atoms with Crippen LogP contribution in [-0.2, 0) is 6.42 Å². The largest absolute Gasteiger partial charge is 0.384 e. The van der Waals surface area contributed by atoms with Gasteiger partial charge in [-0.3, -0.25) is 4.98 Å². The third kappa shape index (κ3) is 2.45. The molecule has 2 rings (SSSR count). The number of hydrogen-bond acceptors (Lipinski definition) is 2. The van der Waals surface area contributed by atoms with E-state index in [1.165, 1.54) is 6.07 Å². The lowest BCUT2D eigenvalue weighted by atomic mass is 10.1. The highest BCUT2D eigenvalue weighted by atomic mass is 19.1. The third-order valence-electron chi connectivity index (χ3n) is 3.05. The second-order valence-corrected chi connectivity index (χ2v) is 4.56. The van der Waals surface area contributed by atoms with Crippen LogP contribution in [0.3, 0.4) is 0 Å². The van der Waals surface area contributed by atoms with E-state index in [0.29, 0.717) is 0 Å². The number of pyridine rings is 1. The minimum absolute atomic E-state index is 0.220. The maximum absolute atomic E-state index is 13.5. The SMILES string of the molecule is CCCNc1cc(CC)nc2cc(F)cc(C)c12. The van der Waals surface area contributed by atoms with Gasteiger partial charge in [0.15, 0.2) is 0 Å². The minimum atomic E-state index is -0.220. The molecule has 3 heteroatoms. The first-order valence-electron chi connectivity index (χ1n) is 6.49. The summed E-state index contributed by atoms with van der Waals surface area (Å²) in [5, 5.41) is 4.44. The molecule has 0 atom stereocenters. The number of benzene rings is 1. The van der Waals surface area contributed by atoms with Gasteiger partial charge in [-0.05, 0) is 37.5 Å². The van der Waals surface area contributed by atoms with Gasteiger partial charge in [0, 0.05) is 29.4 Å². The predicted molar refractivity (Wildman–Crippen MR) is 74.6 cm³/mol. The second-order valence-electron chi connectivity index (χ2n) is 4.56. The van der Waals surface area contributed by atoms with Gasteiger partial charge in [0.25, 0.3) is 0 Å². The Balaban J connectivity index is 2.64. The Labute approximate surface area is 107 Å². The van der Waals surface area contributed by atoms with E-state index in [0.717, 1.165) is 47.2 Å². The topological polar surface area (TPSA) is 24.9 Å². The van der Waals surface area contributed by atoms with Crippen LogP contribution in [0.2, 0.25) is 0 Å². The summed E-state index contributed by atoms with van der Waals surface area (Å²) in [6.07, 6.45) is 1.91. The molecular weight excluding hydrogens is 227 g/mol. The van der Waals surface area contributed by atoms with Crippen molar-refractivity contribution in [2.24, 2.45) is 0 Å². The molecule has 0 saturated carbocycles. The molecule has 1 aromatic carbocycles. The molecular formula is C15H19FN2. The highest BCUT2D eigenvalue weighted by Crippen LogP contribution is 2.27. The summed E-state index contributed by atoms with van der Waals surface area (Å²) in [4.78, 5) is 4.50. The van der Waals surface area contributed by atoms with Gasteiger partial charge in [-0.15, -0.1) is 0 Å². The normalized spacial score (nSPS) is 10.9. The number of fused-ring (bicyclic) bond motifs is 1. The van der Waals surface area contributed by atoms with Crippen molar-refractivity contribution in [3.8, 4) is 0 Å². The van der Waals surface area contributed by atoms with Crippen LogP contribution < -0.4 is 5.32 Å². The second kappa shape index (κ2) is 5.34. The molecule has 0 aliphatic carbocycles. The number of hydrogen-bond donors (Lipinski definition) is 1. The van der Waals surface area contributed by atoms with Crippen LogP contribution in [0.15, 0.2) is 18.2 Å². The van der Waals surface area contributed by atoms with Crippen LogP contribution >= 0.6 is 0 Å². The number of anilines is 1. The minimum Gasteiger partial charge on any atom is -0.384 e. The van der Waals surface area contributed by atoms with Crippen molar-refractivity contribution in [1.82, 2.24) is 4.98 Å². The molecule has 0 unspecified atom stereocenters. The van der Waals surface area contributed by atoms with E-state index in [9.17, 15) is 4.39 Å². The molecule has 0 saturated heterocycles. The molecule has 0 amide bonds. The Morgan fingerprint density at radius 2 is 2.00 bits per heavy atom. The van der Waals surface area contributed by atoms with Gasteiger partial charge in [-0.1, -0.05) is 13.8 Å². The molecule has 1 N–H and O–H groups in total. The number of aromatic nitrogens is 1. The highest BCUT2D eigenvalue weighted by molar-refractivity contribution is 5.94. The molecule has 2 nitrogen and oxygen atoms in total. The number of nitrogens with one attached hydrogen (secondary N) is 1. The van der Waals surface area contributed by atoms with E-state index < -0.39 is 0 Å². The first-order chi connectivity index (χ1) is 8.65. The number of rotatable bonds is 4. The number of aryl methyl sites for hydroxylation is 2. The summed E-state index contributed by atoms with van der Waals surface area (Å²) in [6.45, 7) is 7.03. The van der Waals surface area contributed by atoms with Crippen molar-refractivity contribution in [3.63, 3.8) is 0 Å². The Kier molecular flexibility index (Phi) is 3.80. The monoisotopic (exact) mass is 246 g/mol. The van der Waals surface area contributed by atoms with E-state index in [2.05, 4.69) is 30.2 Å². The van der Waals surface area contributed by atoms with E-state index in [4.69, 9.17) is 0 Å². The fourth-order valence-corrected chi connectivity index (χ4v) is 2.17. The molecule has 1 heterocycles. The summed E-state index contributed by atoms with van der Waals surface area (Å²) in [6, 6.07) is 5.15. The van der Waals surface area contributed by atoms with Gasteiger partial charge >= 0.3 is 0 Å². The predicted octanol–water partition coefficient (Wildman–Crippen LogP) is 4.07. The highest BCUT2D eigenvalue weighted by Gasteiger charge is 2.09. The van der Waals surface area contributed by atoms with Gasteiger partial charge in [-0.2, -0.15) is 0 Å². The number of halogens is 1. The van der Waals surface area contributed by atoms with Gasteiger partial charge in [-0.25, -0.2) is 4.39 Å². The fraction of sp³-hybridized carbons (Fsp3) is 0.400. The summed E-state index contributed by atoms with van der Waals surface area (Å²) >= 11 is 0. The Morgan fingerprint density at radius 1 is 1.22 bits per heavy atom. The van der Waals surface area contributed by atoms with Gasteiger partial charge in [0.2, 0.25) is 0 Å². The summed E-state index contributed by atoms with van der Waals surface area (Å²) in [5.41, 5.74) is 3.73. The molecule has 0 radical (unpaired) electrons. The van der Waals surface area contributed by atoms with Gasteiger partial charge in [0.05, 0.1) is 5.52 Å². The van der Waals surface area contributed by atoms with Crippen LogP contribution in [0.5, 0.6) is 0 Å². The summed E-state index contributed by atoms with van der Waals surface area (Å²) in [7, 11) is 0. The van der Waals surface area contributed by atoms with Crippen LogP contribution in [0.25, 0.3) is 10.9 Å². The zero-order valence-electron chi connectivity index (χ0n) is 11.2. The van der Waals surface area contributed by atoms with Crippen molar-refractivity contribution in [3.05, 3.63) is 35.3 Å². The van der Waals surface area contributed by atoms with E-state index >= 15 is 0 Å². The van der Waals surface area contributed by atoms with Crippen LogP contribution in [0.1, 0.15) is 31.5 Å². The third-order valence-corrected chi connectivity index (χ3v) is 3.05. The molecule has 2 aromatic rings. The maximum atomic E-state index is 13.5. The molecule has 18 heavy (non-hydrogen) atoms. The van der Waals surface area contributed by atoms with Crippen molar-refractivity contribution < 1.29 is 4.39 Å². The molecule has 96 valence electrons. The number of nitrogens with zero attached hydrogens (tertiary/aromatic N) is 1. The van der Waals surface area contributed by atoms with Gasteiger partial charge in [0.1, 0.15) is 5.82 Å². The Morgan fingerprint density at radius 3 is 2.67 bits per heavy atom. The molecule has 0 aliphatic rings. The quantitative estimate of drug-likeness (QED) is 0.879. The van der Waals surface area contributed by atoms with Crippen LogP contribution in [0.4, 0.5) is 10.1 Å². The maximum Gasteiger partial charge on any atom is 0.125 e. The summed E-state index contributed by atoms with van der Waals surface area (Å²) in [5.74, 6) is -0.220. The van der Waals surface area contributed by atoms with Crippen LogP contribution in [0, 0.1) is 12.7 Å². The Hall–Kier alpha value is -1.64. The zero-order valence-corrected chi connectivity index (χ0v) is 11.2. The van der Waals surface area contributed by atoms with E-state index in [-0.39, 0.29) is 5.82 Å². The van der Waals surface area contributed by atoms with Crippen molar-refractivity contribution in [2.45, 2.75) is 33.6 Å². The molecule has 0 aliphatic heterocycles. The Bertz CT molecular complexity index is 564. The van der Waals surface area contributed by atoms with Gasteiger partial charge < -0.3 is 5.32 Å². The standard InChI is InChI=1S/C15H19FN2/c1-4-6-17-13-9-12(5-2)18-14-8-11(16)7-10(3)15(13)14/h7-9H,4-6H2,1-3H3,(H,17,18). The van der Waals surface area contributed by atoms with Crippen LogP contribution in [-0.4, -0.2) is 11.5 Å². The lowest BCUT2D eigenvalue weighted by Crippen LogP contribution is -2.03. The molecule has 0 bridgehead atoms. The smallest absolute Gasteiger partial charge is 0.125 e. The average Bonchev–Trinajstić information content (AvgIpc) is 2.34. The first-order valence-corrected chi connectivity index (χ1v) is 6.49. The summed E-state index contributed by atoms with van der Waals surface area (Å²) < 4.78 is 13.5. The lowest BCUT2D eigenvalue weighted by Gasteiger charge is -2.13. The van der Waals surface area contributed by atoms with Crippen molar-refractivity contribution >= 4 is 16.6 Å². The molecule has 1 aromatic heterocycles. The fourth-order valence-electron chi connectivity index (χ4n) is 2.17. The van der Waals surface area contributed by atoms with Crippen molar-refractivity contribution in [1.29, 1.82) is 0 Å². The zero-order chi connectivity index (χ0) is 13.1. The van der Waals surface area contributed by atoms with Crippen molar-refractivity contribution in [2.75, 3.05) is 11.9 Å². The molecule has 0 fully saturated rings. The lowest BCUT2D eigenvalue weighted by molar-refractivity contribution is 0.628. The molecule has 0 spiro atoms. The van der Waals surface area contributed by atoms with E-state index in [1.54, 1.807) is 6.07 Å².